The summed E-state index contributed by atoms with van der Waals surface area (Å²) in [5.74, 6) is -4.19. The molecule has 0 aliphatic carbocycles. The van der Waals surface area contributed by atoms with Crippen LogP contribution < -0.4 is 14.8 Å². The Bertz CT molecular complexity index is 1800. The van der Waals surface area contributed by atoms with Gasteiger partial charge in [-0.3, -0.25) is 19.2 Å². The fraction of sp³-hybridized carbons (Fsp3) is 0.348. The van der Waals surface area contributed by atoms with Gasteiger partial charge in [0.15, 0.2) is 0 Å². The first-order valence-corrected chi connectivity index (χ1v) is 19.1. The molecular formula is C46H57NO11. The van der Waals surface area contributed by atoms with Crippen LogP contribution in [0.3, 0.4) is 0 Å². The topological polar surface area (TPSA) is 183 Å². The largest absolute Gasteiger partial charge is 0.481 e. The lowest BCUT2D eigenvalue weighted by molar-refractivity contribution is -0.147. The van der Waals surface area contributed by atoms with E-state index in [0.29, 0.717) is 0 Å². The first-order chi connectivity index (χ1) is 27.8. The number of aliphatic carboxylic acids is 1. The van der Waals surface area contributed by atoms with Gasteiger partial charge in [0.1, 0.15) is 22.6 Å². The van der Waals surface area contributed by atoms with Crippen molar-refractivity contribution in [2.45, 2.75) is 85.5 Å². The average molecular weight is 800 g/mol. The Morgan fingerprint density at radius 3 is 1.60 bits per heavy atom. The lowest BCUT2D eigenvalue weighted by Gasteiger charge is -2.23. The second-order valence-corrected chi connectivity index (χ2v) is 13.4. The maximum atomic E-state index is 12.2. The second-order valence-electron chi connectivity index (χ2n) is 13.4. The highest BCUT2D eigenvalue weighted by molar-refractivity contribution is 5.97. The number of carboxylic acid groups (broad SMARTS) is 2. The molecule has 0 fully saturated rings. The number of nitrogens with one attached hydrogen (secondary N) is 1. The number of rotatable bonds is 24. The molecule has 2 rings (SSSR count). The zero-order valence-corrected chi connectivity index (χ0v) is 33.9. The molecule has 0 saturated carbocycles. The van der Waals surface area contributed by atoms with Crippen molar-refractivity contribution in [3.8, 4) is 11.5 Å². The number of esters is 3. The van der Waals surface area contributed by atoms with Crippen LogP contribution in [0.4, 0.5) is 0 Å². The van der Waals surface area contributed by atoms with E-state index in [2.05, 4.69) is 73.0 Å². The minimum atomic E-state index is -1.21. The SMILES string of the molecule is CC(=O)Oc1ccccc1C(=O)Oc1ccccc1C(=O)O.CC/C=C\C/C=C\C/C=C\C/C=C\C/C=C\C/C=C\CC(=O)OCC(C)(C)CC(=O)NCCC(=O)O. The molecule has 3 N–H and O–H groups in total. The Kier molecular flexibility index (Phi) is 25.6. The maximum Gasteiger partial charge on any atom is 0.347 e. The highest BCUT2D eigenvalue weighted by Crippen LogP contribution is 2.24. The van der Waals surface area contributed by atoms with Crippen LogP contribution in [0.1, 0.15) is 106 Å². The van der Waals surface area contributed by atoms with Gasteiger partial charge in [-0.25, -0.2) is 9.59 Å². The van der Waals surface area contributed by atoms with Crippen molar-refractivity contribution in [2.75, 3.05) is 13.2 Å². The smallest absolute Gasteiger partial charge is 0.347 e. The number of hydrogen-bond donors (Lipinski definition) is 3. The van der Waals surface area contributed by atoms with Crippen LogP contribution in [0.25, 0.3) is 0 Å². The number of benzene rings is 2. The van der Waals surface area contributed by atoms with Crippen molar-refractivity contribution in [1.82, 2.24) is 5.32 Å². The van der Waals surface area contributed by atoms with Gasteiger partial charge in [0.2, 0.25) is 5.91 Å². The summed E-state index contributed by atoms with van der Waals surface area (Å²) in [5.41, 5.74) is -0.639. The molecule has 2 aromatic rings. The van der Waals surface area contributed by atoms with Crippen molar-refractivity contribution in [2.24, 2.45) is 5.41 Å². The van der Waals surface area contributed by atoms with E-state index in [1.165, 1.54) is 37.3 Å². The fourth-order valence-electron chi connectivity index (χ4n) is 4.66. The number of carbonyl (C=O) groups is 6. The van der Waals surface area contributed by atoms with Gasteiger partial charge >= 0.3 is 29.8 Å². The summed E-state index contributed by atoms with van der Waals surface area (Å²) < 4.78 is 15.3. The Morgan fingerprint density at radius 1 is 0.655 bits per heavy atom. The summed E-state index contributed by atoms with van der Waals surface area (Å²) in [6.45, 7) is 7.22. The van der Waals surface area contributed by atoms with E-state index < -0.39 is 29.3 Å². The summed E-state index contributed by atoms with van der Waals surface area (Å²) in [6.07, 6.45) is 31.1. The number of allylic oxidation sites excluding steroid dienone is 11. The van der Waals surface area contributed by atoms with Gasteiger partial charge in [0.05, 0.1) is 19.4 Å². The van der Waals surface area contributed by atoms with Gasteiger partial charge in [-0.15, -0.1) is 0 Å². The minimum Gasteiger partial charge on any atom is -0.481 e. The van der Waals surface area contributed by atoms with Gasteiger partial charge in [-0.1, -0.05) is 118 Å². The van der Waals surface area contributed by atoms with Crippen LogP contribution >= 0.6 is 0 Å². The molecule has 12 nitrogen and oxygen atoms in total. The quantitative estimate of drug-likeness (QED) is 0.0523. The van der Waals surface area contributed by atoms with Gasteiger partial charge in [-0.2, -0.15) is 0 Å². The van der Waals surface area contributed by atoms with Crippen LogP contribution in [0.2, 0.25) is 0 Å². The monoisotopic (exact) mass is 799 g/mol. The van der Waals surface area contributed by atoms with Gasteiger partial charge < -0.3 is 29.7 Å². The molecule has 312 valence electrons. The standard InChI is InChI=1S/C30H45NO5.C16H12O6/c1-4-5-6-7-8-9-10-11-12-13-14-15-16-17-18-19-20-21-22-29(35)36-26-30(2,3)25-27(32)31-24-23-28(33)34;1-10(17)21-14-9-5-3-7-12(14)16(20)22-13-8-4-2-6-11(13)15(18)19/h5-6,8-9,11-12,14-15,17-18,20-21H,4,7,10,13,16,19,22-26H2,1-3H3,(H,31,32)(H,33,34);2-9H,1H3,(H,18,19)/b6-5-,9-8-,12-11-,15-14-,18-17-,21-20-;. The van der Waals surface area contributed by atoms with Crippen LogP contribution in [0.5, 0.6) is 11.5 Å². The predicted molar refractivity (Wildman–Crippen MR) is 224 cm³/mol. The molecule has 0 aliphatic heterocycles. The van der Waals surface area contributed by atoms with E-state index in [1.807, 2.05) is 19.9 Å². The molecule has 0 radical (unpaired) electrons. The number of ether oxygens (including phenoxy) is 3. The summed E-state index contributed by atoms with van der Waals surface area (Å²) in [7, 11) is 0. The van der Waals surface area contributed by atoms with Crippen molar-refractivity contribution in [1.29, 1.82) is 0 Å². The van der Waals surface area contributed by atoms with E-state index in [4.69, 9.17) is 24.4 Å². The van der Waals surface area contributed by atoms with Gasteiger partial charge in [0.25, 0.3) is 0 Å². The third kappa shape index (κ3) is 25.0. The molecule has 0 atom stereocenters. The number of carboxylic acids is 2. The molecular weight excluding hydrogens is 743 g/mol. The third-order valence-corrected chi connectivity index (χ3v) is 7.49. The molecule has 0 saturated heterocycles. The van der Waals surface area contributed by atoms with Gasteiger partial charge in [0, 0.05) is 25.3 Å². The maximum absolute atomic E-state index is 12.2. The highest BCUT2D eigenvalue weighted by atomic mass is 16.6. The number of aromatic carboxylic acids is 1. The van der Waals surface area contributed by atoms with E-state index in [0.717, 1.165) is 38.5 Å². The van der Waals surface area contributed by atoms with Gasteiger partial charge in [-0.05, 0) is 62.8 Å². The Morgan fingerprint density at radius 2 is 1.12 bits per heavy atom. The first kappa shape index (κ1) is 49.7. The Balaban J connectivity index is 0.000000647. The zero-order chi connectivity index (χ0) is 43.0. The van der Waals surface area contributed by atoms with Crippen molar-refractivity contribution < 1.29 is 53.2 Å². The molecule has 0 bridgehead atoms. The first-order valence-electron chi connectivity index (χ1n) is 19.1. The van der Waals surface area contributed by atoms with Crippen molar-refractivity contribution >= 4 is 35.8 Å². The number of amides is 1. The minimum absolute atomic E-state index is 0.0258. The van der Waals surface area contributed by atoms with Crippen LogP contribution in [-0.4, -0.2) is 59.1 Å². The molecule has 0 heterocycles. The zero-order valence-electron chi connectivity index (χ0n) is 33.9. The Hall–Kier alpha value is -6.30. The van der Waals surface area contributed by atoms with Crippen LogP contribution in [0, 0.1) is 5.41 Å². The molecule has 2 aromatic carbocycles. The van der Waals surface area contributed by atoms with E-state index in [-0.39, 0.29) is 66.9 Å². The van der Waals surface area contributed by atoms with Crippen molar-refractivity contribution in [3.05, 3.63) is 133 Å². The molecule has 58 heavy (non-hydrogen) atoms. The molecule has 0 aromatic heterocycles. The normalized spacial score (nSPS) is 11.7. The van der Waals surface area contributed by atoms with Crippen LogP contribution in [-0.2, 0) is 23.9 Å². The molecule has 0 unspecified atom stereocenters. The number of hydrogen-bond acceptors (Lipinski definition) is 9. The number of carbonyl (C=O) groups excluding carboxylic acids is 4. The highest BCUT2D eigenvalue weighted by Gasteiger charge is 2.24. The van der Waals surface area contributed by atoms with E-state index >= 15 is 0 Å². The van der Waals surface area contributed by atoms with E-state index in [1.54, 1.807) is 24.3 Å². The summed E-state index contributed by atoms with van der Waals surface area (Å²) >= 11 is 0. The summed E-state index contributed by atoms with van der Waals surface area (Å²) in [4.78, 5) is 68.6. The molecule has 1 amide bonds. The molecule has 0 aliphatic rings. The van der Waals surface area contributed by atoms with Crippen LogP contribution in [0.15, 0.2) is 121 Å². The lowest BCUT2D eigenvalue weighted by Crippen LogP contribution is -2.33. The average Bonchev–Trinajstić information content (AvgIpc) is 3.16. The summed E-state index contributed by atoms with van der Waals surface area (Å²) in [6, 6.07) is 11.8. The number of para-hydroxylation sites is 2. The predicted octanol–water partition coefficient (Wildman–Crippen LogP) is 9.15. The molecule has 0 spiro atoms. The second kappa shape index (κ2) is 29.9. The summed E-state index contributed by atoms with van der Waals surface area (Å²) in [5, 5.41) is 20.2. The lowest BCUT2D eigenvalue weighted by atomic mass is 9.90. The third-order valence-electron chi connectivity index (χ3n) is 7.49. The van der Waals surface area contributed by atoms with Crippen molar-refractivity contribution in [3.63, 3.8) is 0 Å². The molecule has 12 heteroatoms. The fourth-order valence-corrected chi connectivity index (χ4v) is 4.66. The van der Waals surface area contributed by atoms with E-state index in [9.17, 15) is 28.8 Å². The Labute approximate surface area is 341 Å².